The molecule has 0 unspecified atom stereocenters. The lowest BCUT2D eigenvalue weighted by atomic mass is 10.0. The Kier molecular flexibility index (Phi) is 10.5. The Bertz CT molecular complexity index is 1840. The number of amides is 1. The summed E-state index contributed by atoms with van der Waals surface area (Å²) < 4.78 is 33.8. The summed E-state index contributed by atoms with van der Waals surface area (Å²) in [4.78, 5) is 55.6. The molecule has 0 aliphatic carbocycles. The number of halogens is 1. The molecule has 0 aliphatic rings. The minimum Gasteiger partial charge on any atom is -0.496 e. The second-order valence-electron chi connectivity index (χ2n) is 11.8. The third-order valence-electron chi connectivity index (χ3n) is 7.33. The molecule has 0 spiro atoms. The average molecular weight is 659 g/mol. The van der Waals surface area contributed by atoms with Gasteiger partial charge in [0, 0.05) is 17.2 Å². The maximum atomic E-state index is 14.6. The van der Waals surface area contributed by atoms with Gasteiger partial charge < -0.3 is 19.5 Å². The Hall–Kier alpha value is -4.37. The molecule has 1 amide bonds. The summed E-state index contributed by atoms with van der Waals surface area (Å²) in [6.45, 7) is 11.3. The van der Waals surface area contributed by atoms with E-state index in [0.29, 0.717) is 16.3 Å². The fourth-order valence-corrected chi connectivity index (χ4v) is 6.12. The molecule has 0 saturated heterocycles. The number of carbonyl (C=O) groups excluding carboxylic acids is 2. The summed E-state index contributed by atoms with van der Waals surface area (Å²) in [5.74, 6) is -1.55. The van der Waals surface area contributed by atoms with E-state index in [1.54, 1.807) is 34.6 Å². The molecule has 248 valence electrons. The van der Waals surface area contributed by atoms with Gasteiger partial charge in [-0.05, 0) is 52.8 Å². The van der Waals surface area contributed by atoms with E-state index >= 15 is 0 Å². The summed E-state index contributed by atoms with van der Waals surface area (Å²) in [5.41, 5.74) is -2.25. The number of ether oxygens (including phenoxy) is 3. The summed E-state index contributed by atoms with van der Waals surface area (Å²) in [6.07, 6.45) is 1.96. The van der Waals surface area contributed by atoms with E-state index in [2.05, 4.69) is 15.5 Å². The molecule has 0 saturated carbocycles. The Morgan fingerprint density at radius 3 is 2.37 bits per heavy atom. The quantitative estimate of drug-likeness (QED) is 0.168. The maximum absolute atomic E-state index is 14.6. The third kappa shape index (κ3) is 6.89. The molecular formula is C31H39FN6O7S. The third-order valence-corrected chi connectivity index (χ3v) is 8.61. The lowest BCUT2D eigenvalue weighted by molar-refractivity contribution is -0.149. The molecule has 1 atom stereocenters. The minimum absolute atomic E-state index is 0.0888. The number of methoxy groups -OCH3 is 1. The van der Waals surface area contributed by atoms with Gasteiger partial charge in [-0.3, -0.25) is 19.0 Å². The van der Waals surface area contributed by atoms with Gasteiger partial charge in [-0.25, -0.2) is 13.8 Å². The van der Waals surface area contributed by atoms with E-state index in [-0.39, 0.29) is 47.5 Å². The van der Waals surface area contributed by atoms with Crippen LogP contribution in [-0.4, -0.2) is 62.4 Å². The number of hydrogen-bond acceptors (Lipinski definition) is 10. The van der Waals surface area contributed by atoms with Gasteiger partial charge in [-0.2, -0.15) is 10.2 Å². The zero-order valence-electron chi connectivity index (χ0n) is 27.1. The van der Waals surface area contributed by atoms with Crippen LogP contribution in [0, 0.1) is 18.7 Å². The highest BCUT2D eigenvalue weighted by Crippen LogP contribution is 2.34. The molecule has 1 N–H and O–H groups in total. The van der Waals surface area contributed by atoms with Crippen molar-refractivity contribution >= 4 is 33.4 Å². The highest BCUT2D eigenvalue weighted by atomic mass is 32.1. The van der Waals surface area contributed by atoms with Crippen molar-refractivity contribution in [2.24, 2.45) is 5.92 Å². The monoisotopic (exact) mass is 658 g/mol. The first-order valence-corrected chi connectivity index (χ1v) is 15.6. The lowest BCUT2D eigenvalue weighted by Crippen LogP contribution is -2.56. The van der Waals surface area contributed by atoms with Crippen LogP contribution in [0.15, 0.2) is 40.2 Å². The van der Waals surface area contributed by atoms with Crippen molar-refractivity contribution < 1.29 is 28.2 Å². The van der Waals surface area contributed by atoms with E-state index in [1.165, 1.54) is 60.9 Å². The highest BCUT2D eigenvalue weighted by molar-refractivity contribution is 7.21. The van der Waals surface area contributed by atoms with Crippen LogP contribution in [-0.2, 0) is 31.1 Å². The summed E-state index contributed by atoms with van der Waals surface area (Å²) in [5, 5.41) is 11.9. The molecule has 4 aromatic rings. The van der Waals surface area contributed by atoms with Crippen molar-refractivity contribution in [1.29, 1.82) is 0 Å². The Labute approximate surface area is 268 Å². The van der Waals surface area contributed by atoms with E-state index in [0.717, 1.165) is 15.9 Å². The topological polar surface area (TPSA) is 149 Å². The zero-order chi connectivity index (χ0) is 33.9. The van der Waals surface area contributed by atoms with Crippen LogP contribution in [0.25, 0.3) is 15.2 Å². The van der Waals surface area contributed by atoms with Crippen LogP contribution in [0.1, 0.15) is 58.8 Å². The van der Waals surface area contributed by atoms with Gasteiger partial charge in [0.25, 0.3) is 5.56 Å². The molecule has 1 aromatic carbocycles. The SMILES string of the molecule is COc1ccc(F)cc1[C@H](Cn1c(=O)n(C(C)(C)C(=O)NC(C)C)c(=O)c2c(C)c(-n3nccn3)sc21)OCCOC(=O)C(C)C. The molecular weight excluding hydrogens is 619 g/mol. The van der Waals surface area contributed by atoms with Gasteiger partial charge in [0.05, 0.1) is 44.0 Å². The molecule has 3 aromatic heterocycles. The summed E-state index contributed by atoms with van der Waals surface area (Å²) >= 11 is 1.12. The molecule has 4 rings (SSSR count). The first kappa shape index (κ1) is 34.5. The summed E-state index contributed by atoms with van der Waals surface area (Å²) in [7, 11) is 1.42. The number of carbonyl (C=O) groups is 2. The summed E-state index contributed by atoms with van der Waals surface area (Å²) in [6, 6.07) is 3.66. The van der Waals surface area contributed by atoms with E-state index in [4.69, 9.17) is 14.2 Å². The highest BCUT2D eigenvalue weighted by Gasteiger charge is 2.36. The molecule has 15 heteroatoms. The van der Waals surface area contributed by atoms with Crippen LogP contribution >= 0.6 is 11.3 Å². The van der Waals surface area contributed by atoms with Gasteiger partial charge in [0.1, 0.15) is 39.6 Å². The van der Waals surface area contributed by atoms with Crippen molar-refractivity contribution in [3.63, 3.8) is 0 Å². The predicted molar refractivity (Wildman–Crippen MR) is 170 cm³/mol. The van der Waals surface area contributed by atoms with Gasteiger partial charge in [-0.1, -0.05) is 25.2 Å². The Morgan fingerprint density at radius 2 is 1.76 bits per heavy atom. The molecule has 0 bridgehead atoms. The van der Waals surface area contributed by atoms with E-state index in [9.17, 15) is 23.6 Å². The molecule has 13 nitrogen and oxygen atoms in total. The number of nitrogens with zero attached hydrogens (tertiary/aromatic N) is 5. The Balaban J connectivity index is 1.95. The number of nitrogens with one attached hydrogen (secondary N) is 1. The van der Waals surface area contributed by atoms with Crippen LogP contribution in [0.3, 0.4) is 0 Å². The number of rotatable bonds is 13. The fraction of sp³-hybridized carbons (Fsp3) is 0.484. The van der Waals surface area contributed by atoms with Crippen LogP contribution < -0.4 is 21.3 Å². The standard InChI is InChI=1S/C31H39FN6O7S/c1-17(2)28(40)45-14-13-44-23(21-15-20(32)9-10-22(21)43-8)16-36-27-24(19(5)26(46-27)38-33-11-12-34-38)25(39)37(30(36)42)31(6,7)29(41)35-18(3)4/h9-12,15,17-18,23H,13-14,16H2,1-8H3,(H,35,41)/t23-/m0/s1. The number of benzene rings is 1. The molecule has 3 heterocycles. The second-order valence-corrected chi connectivity index (χ2v) is 12.8. The number of aromatic nitrogens is 5. The molecule has 0 fully saturated rings. The van der Waals surface area contributed by atoms with Crippen molar-refractivity contribution in [3.8, 4) is 10.8 Å². The molecule has 46 heavy (non-hydrogen) atoms. The average Bonchev–Trinajstić information content (AvgIpc) is 3.63. The van der Waals surface area contributed by atoms with Gasteiger partial charge >= 0.3 is 11.7 Å². The number of esters is 1. The van der Waals surface area contributed by atoms with Crippen molar-refractivity contribution in [3.05, 3.63) is 68.4 Å². The lowest BCUT2D eigenvalue weighted by Gasteiger charge is -2.28. The first-order chi connectivity index (χ1) is 21.7. The first-order valence-electron chi connectivity index (χ1n) is 14.8. The normalized spacial score (nSPS) is 12.6. The Morgan fingerprint density at radius 1 is 1.09 bits per heavy atom. The van der Waals surface area contributed by atoms with Crippen molar-refractivity contribution in [2.45, 2.75) is 72.7 Å². The van der Waals surface area contributed by atoms with Crippen molar-refractivity contribution in [2.75, 3.05) is 20.3 Å². The largest absolute Gasteiger partial charge is 0.496 e. The molecule has 0 aliphatic heterocycles. The van der Waals surface area contributed by atoms with Gasteiger partial charge in [-0.15, -0.1) is 4.80 Å². The minimum atomic E-state index is -1.61. The maximum Gasteiger partial charge on any atom is 0.333 e. The second kappa shape index (κ2) is 14.0. The smallest absolute Gasteiger partial charge is 0.333 e. The van der Waals surface area contributed by atoms with E-state index < -0.39 is 40.6 Å². The number of aryl methyl sites for hydroxylation is 1. The van der Waals surface area contributed by atoms with Crippen LogP contribution in [0.5, 0.6) is 5.75 Å². The fourth-order valence-electron chi connectivity index (χ4n) is 4.90. The van der Waals surface area contributed by atoms with E-state index in [1.807, 2.05) is 0 Å². The number of fused-ring (bicyclic) bond motifs is 1. The van der Waals surface area contributed by atoms with Crippen LogP contribution in [0.2, 0.25) is 0 Å². The number of hydrogen-bond donors (Lipinski definition) is 1. The van der Waals surface area contributed by atoms with Gasteiger partial charge in [0.15, 0.2) is 0 Å². The predicted octanol–water partition coefficient (Wildman–Crippen LogP) is 3.48. The number of thiophene rings is 1. The van der Waals surface area contributed by atoms with Crippen LogP contribution in [0.4, 0.5) is 4.39 Å². The molecule has 0 radical (unpaired) electrons. The van der Waals surface area contributed by atoms with Crippen molar-refractivity contribution in [1.82, 2.24) is 29.4 Å². The van der Waals surface area contributed by atoms with Gasteiger partial charge in [0.2, 0.25) is 5.91 Å². The zero-order valence-corrected chi connectivity index (χ0v) is 27.9.